The molecule has 9 nitrogen and oxygen atoms in total. The maximum atomic E-state index is 13.4. The molecular formula is C43H52N2O7. The van der Waals surface area contributed by atoms with Crippen molar-refractivity contribution in [2.75, 3.05) is 13.1 Å². The number of phenols is 1. The smallest absolute Gasteiger partial charge is 0.410 e. The molecule has 2 unspecified atom stereocenters. The first kappa shape index (κ1) is 37.1. The lowest BCUT2D eigenvalue weighted by atomic mass is 9.97. The number of ketones is 2. The molecule has 2 amide bonds. The molecule has 1 N–H and O–H groups in total. The van der Waals surface area contributed by atoms with Crippen molar-refractivity contribution in [3.05, 3.63) is 101 Å². The number of phenolic OH excluding ortho intramolecular Hbond substituents is 1. The Hall–Kier alpha value is -4.66. The summed E-state index contributed by atoms with van der Waals surface area (Å²) >= 11 is 0. The van der Waals surface area contributed by atoms with Gasteiger partial charge in [-0.05, 0) is 125 Å². The molecule has 2 aliphatic heterocycles. The summed E-state index contributed by atoms with van der Waals surface area (Å²) in [6.45, 7) is 12.0. The molecule has 0 radical (unpaired) electrons. The highest BCUT2D eigenvalue weighted by Crippen LogP contribution is 2.66. The molecule has 3 aromatic rings. The predicted octanol–water partition coefficient (Wildman–Crippen LogP) is 8.08. The van der Waals surface area contributed by atoms with Crippen molar-refractivity contribution < 1.29 is 33.8 Å². The van der Waals surface area contributed by atoms with Gasteiger partial charge in [0.15, 0.2) is 11.6 Å². The van der Waals surface area contributed by atoms with Gasteiger partial charge in [0.2, 0.25) is 0 Å². The van der Waals surface area contributed by atoms with Crippen LogP contribution < -0.4 is 0 Å². The molecule has 6 rings (SSSR count). The minimum Gasteiger partial charge on any atom is -0.508 e. The molecule has 3 fully saturated rings. The summed E-state index contributed by atoms with van der Waals surface area (Å²) in [5, 5.41) is 9.97. The average Bonchev–Trinajstić information content (AvgIpc) is 3.38. The summed E-state index contributed by atoms with van der Waals surface area (Å²) in [6.07, 6.45) is 2.47. The molecule has 1 saturated carbocycles. The van der Waals surface area contributed by atoms with Crippen LogP contribution in [0.2, 0.25) is 0 Å². The second-order valence-electron chi connectivity index (χ2n) is 16.6. The van der Waals surface area contributed by atoms with E-state index in [9.17, 15) is 24.3 Å². The van der Waals surface area contributed by atoms with Crippen molar-refractivity contribution in [3.63, 3.8) is 0 Å². The Labute approximate surface area is 307 Å². The minimum absolute atomic E-state index is 0.0198. The van der Waals surface area contributed by atoms with Crippen LogP contribution >= 0.6 is 0 Å². The van der Waals surface area contributed by atoms with Crippen molar-refractivity contribution in [2.45, 2.75) is 121 Å². The highest BCUT2D eigenvalue weighted by atomic mass is 16.6. The van der Waals surface area contributed by atoms with Gasteiger partial charge in [0.1, 0.15) is 17.0 Å². The number of Topliss-reactive ketones (excluding diaryl/α,β-unsaturated/α-hetero) is 2. The van der Waals surface area contributed by atoms with Crippen molar-refractivity contribution in [2.24, 2.45) is 0 Å². The second kappa shape index (κ2) is 14.8. The van der Waals surface area contributed by atoms with Crippen LogP contribution in [-0.2, 0) is 31.9 Å². The normalized spacial score (nSPS) is 23.0. The molecule has 52 heavy (non-hydrogen) atoms. The van der Waals surface area contributed by atoms with Gasteiger partial charge in [0.05, 0.1) is 12.1 Å². The fourth-order valence-corrected chi connectivity index (χ4v) is 7.89. The number of benzene rings is 3. The van der Waals surface area contributed by atoms with E-state index in [1.807, 2.05) is 77.9 Å². The number of amides is 2. The zero-order chi connectivity index (χ0) is 37.4. The molecule has 1 aliphatic carbocycles. The largest absolute Gasteiger partial charge is 0.508 e. The van der Waals surface area contributed by atoms with Crippen molar-refractivity contribution in [1.29, 1.82) is 0 Å². The number of carbonyl (C=O) groups is 4. The monoisotopic (exact) mass is 708 g/mol. The quantitative estimate of drug-likeness (QED) is 0.239. The van der Waals surface area contributed by atoms with Crippen LogP contribution in [0, 0.1) is 0 Å². The number of nitrogens with zero attached hydrogens (tertiary/aromatic N) is 2. The fourth-order valence-electron chi connectivity index (χ4n) is 7.89. The van der Waals surface area contributed by atoms with Gasteiger partial charge in [-0.15, -0.1) is 0 Å². The van der Waals surface area contributed by atoms with E-state index in [-0.39, 0.29) is 47.9 Å². The SMILES string of the molecule is CC(C)(C)OC(=O)N1CCC[C@H]1C(=O)Cc1ccc(C2C(c3ccc(O)cc3)C2c2ccc(CC(=O)[C@@H]3CCCN3C(=O)OC(C)(C)C)cc2)cc1. The van der Waals surface area contributed by atoms with E-state index in [1.165, 1.54) is 11.1 Å². The highest BCUT2D eigenvalue weighted by molar-refractivity contribution is 5.90. The summed E-state index contributed by atoms with van der Waals surface area (Å²) in [5.41, 5.74) is 4.04. The molecule has 4 atom stereocenters. The Bertz CT molecular complexity index is 1660. The minimum atomic E-state index is -0.620. The van der Waals surface area contributed by atoms with Crippen molar-refractivity contribution in [1.82, 2.24) is 9.80 Å². The van der Waals surface area contributed by atoms with Crippen LogP contribution in [0.25, 0.3) is 0 Å². The first-order valence-electron chi connectivity index (χ1n) is 18.6. The molecule has 9 heteroatoms. The zero-order valence-corrected chi connectivity index (χ0v) is 31.3. The Balaban J connectivity index is 1.13. The maximum absolute atomic E-state index is 13.4. The Morgan fingerprint density at radius 1 is 0.577 bits per heavy atom. The van der Waals surface area contributed by atoms with Gasteiger partial charge in [-0.25, -0.2) is 9.59 Å². The van der Waals surface area contributed by atoms with Crippen LogP contribution in [0.1, 0.15) is 113 Å². The summed E-state index contributed by atoms with van der Waals surface area (Å²) < 4.78 is 11.1. The fraction of sp³-hybridized carbons (Fsp3) is 0.488. The molecule has 2 saturated heterocycles. The zero-order valence-electron chi connectivity index (χ0n) is 31.3. The third kappa shape index (κ3) is 8.68. The van der Waals surface area contributed by atoms with E-state index in [0.29, 0.717) is 25.9 Å². The molecule has 3 aliphatic rings. The van der Waals surface area contributed by atoms with Gasteiger partial charge < -0.3 is 14.6 Å². The van der Waals surface area contributed by atoms with Crippen LogP contribution in [0.15, 0.2) is 72.8 Å². The van der Waals surface area contributed by atoms with Crippen LogP contribution in [0.5, 0.6) is 5.75 Å². The van der Waals surface area contributed by atoms with Gasteiger partial charge >= 0.3 is 12.2 Å². The topological polar surface area (TPSA) is 113 Å². The predicted molar refractivity (Wildman–Crippen MR) is 199 cm³/mol. The van der Waals surface area contributed by atoms with Gasteiger partial charge in [0.25, 0.3) is 0 Å². The number of ether oxygens (including phenoxy) is 2. The summed E-state index contributed by atoms with van der Waals surface area (Å²) in [7, 11) is 0. The van der Waals surface area contributed by atoms with Gasteiger partial charge in [-0.1, -0.05) is 60.7 Å². The van der Waals surface area contributed by atoms with Crippen LogP contribution in [-0.4, -0.2) is 75.0 Å². The molecule has 3 aromatic carbocycles. The Kier molecular flexibility index (Phi) is 10.5. The van der Waals surface area contributed by atoms with Crippen LogP contribution in [0.3, 0.4) is 0 Å². The lowest BCUT2D eigenvalue weighted by Crippen LogP contribution is -2.43. The first-order valence-corrected chi connectivity index (χ1v) is 18.6. The van der Waals surface area contributed by atoms with E-state index in [4.69, 9.17) is 9.47 Å². The lowest BCUT2D eigenvalue weighted by Gasteiger charge is -2.28. The Morgan fingerprint density at radius 2 is 0.904 bits per heavy atom. The van der Waals surface area contributed by atoms with Crippen molar-refractivity contribution >= 4 is 23.8 Å². The first-order chi connectivity index (χ1) is 24.6. The average molecular weight is 709 g/mol. The molecule has 0 aromatic heterocycles. The number of rotatable bonds is 9. The van der Waals surface area contributed by atoms with E-state index in [0.717, 1.165) is 29.5 Å². The molecule has 0 bridgehead atoms. The standard InChI is InChI=1S/C43H52N2O7/c1-42(2,3)51-40(49)44-23-7-9-33(44)35(47)25-27-11-15-29(16-12-27)37-38(39(37)31-19-21-32(46)22-20-31)30-17-13-28(14-18-30)26-36(48)34-10-8-24-45(34)41(50)52-43(4,5)6/h11-22,33-34,37-39,46H,7-10,23-26H2,1-6H3/t33-,34-,37?,38?,39?/m0/s1. The van der Waals surface area contributed by atoms with Gasteiger partial charge in [-0.2, -0.15) is 0 Å². The van der Waals surface area contributed by atoms with E-state index in [2.05, 4.69) is 24.3 Å². The summed E-state index contributed by atoms with van der Waals surface area (Å²) in [4.78, 5) is 55.4. The van der Waals surface area contributed by atoms with Gasteiger partial charge in [-0.3, -0.25) is 19.4 Å². The molecular weight excluding hydrogens is 656 g/mol. The number of likely N-dealkylation sites (tertiary alicyclic amines) is 2. The van der Waals surface area contributed by atoms with E-state index < -0.39 is 35.5 Å². The molecule has 2 heterocycles. The third-order valence-electron chi connectivity index (χ3n) is 10.3. The number of aromatic hydroxyl groups is 1. The number of carbonyl (C=O) groups excluding carboxylic acids is 4. The van der Waals surface area contributed by atoms with E-state index in [1.54, 1.807) is 21.9 Å². The van der Waals surface area contributed by atoms with Crippen LogP contribution in [0.4, 0.5) is 9.59 Å². The highest BCUT2D eigenvalue weighted by Gasteiger charge is 2.52. The summed E-state index contributed by atoms with van der Waals surface area (Å²) in [6, 6.07) is 22.9. The number of hydrogen-bond acceptors (Lipinski definition) is 7. The Morgan fingerprint density at radius 3 is 1.23 bits per heavy atom. The second-order valence-corrected chi connectivity index (χ2v) is 16.6. The molecule has 0 spiro atoms. The van der Waals surface area contributed by atoms with Gasteiger partial charge in [0, 0.05) is 25.9 Å². The molecule has 276 valence electrons. The summed E-state index contributed by atoms with van der Waals surface area (Å²) in [5.74, 6) is 0.848. The third-order valence-corrected chi connectivity index (χ3v) is 10.3. The lowest BCUT2D eigenvalue weighted by molar-refractivity contribution is -0.123. The number of hydrogen-bond donors (Lipinski definition) is 1. The van der Waals surface area contributed by atoms with E-state index >= 15 is 0 Å². The van der Waals surface area contributed by atoms with Crippen molar-refractivity contribution in [3.8, 4) is 5.75 Å². The maximum Gasteiger partial charge on any atom is 0.410 e.